The average molecular weight is 192 g/mol. The van der Waals surface area contributed by atoms with E-state index < -0.39 is 0 Å². The van der Waals surface area contributed by atoms with Crippen molar-refractivity contribution < 1.29 is 5.21 Å². The molecule has 0 spiro atoms. The van der Waals surface area contributed by atoms with Crippen molar-refractivity contribution >= 4 is 22.1 Å². The van der Waals surface area contributed by atoms with E-state index in [-0.39, 0.29) is 0 Å². The summed E-state index contributed by atoms with van der Waals surface area (Å²) in [5.74, 6) is 0. The molecule has 0 radical (unpaired) electrons. The van der Waals surface area contributed by atoms with Crippen molar-refractivity contribution in [3.05, 3.63) is 10.6 Å². The summed E-state index contributed by atoms with van der Waals surface area (Å²) in [7, 11) is 0. The summed E-state index contributed by atoms with van der Waals surface area (Å²) in [5, 5.41) is 10.8. The highest BCUT2D eigenvalue weighted by molar-refractivity contribution is 9.11. The van der Waals surface area contributed by atoms with Crippen molar-refractivity contribution in [3.8, 4) is 0 Å². The molecule has 3 heteroatoms. The normalized spacial score (nSPS) is 12.9. The van der Waals surface area contributed by atoms with Crippen LogP contribution < -0.4 is 0 Å². The molecule has 0 unspecified atom stereocenters. The molecule has 0 aliphatic heterocycles. The van der Waals surface area contributed by atoms with Crippen LogP contribution in [-0.2, 0) is 0 Å². The van der Waals surface area contributed by atoms with E-state index in [4.69, 9.17) is 5.21 Å². The molecule has 0 heterocycles. The Labute approximate surface area is 63.4 Å². The molecular formula is C6H10BrNO. The van der Waals surface area contributed by atoms with Crippen molar-refractivity contribution in [2.75, 3.05) is 0 Å². The largest absolute Gasteiger partial charge is 0.411 e. The molecule has 0 bridgehead atoms. The third-order valence-corrected chi connectivity index (χ3v) is 1.47. The van der Waals surface area contributed by atoms with Crippen molar-refractivity contribution in [1.82, 2.24) is 0 Å². The summed E-state index contributed by atoms with van der Waals surface area (Å²) in [6.07, 6.45) is 5.16. The molecule has 0 fully saturated rings. The lowest BCUT2D eigenvalue weighted by Crippen LogP contribution is -1.71. The Kier molecular flexibility index (Phi) is 5.62. The van der Waals surface area contributed by atoms with Gasteiger partial charge in [-0.15, -0.1) is 0 Å². The van der Waals surface area contributed by atoms with Crippen LogP contribution >= 0.6 is 15.9 Å². The van der Waals surface area contributed by atoms with E-state index in [0.717, 1.165) is 17.3 Å². The standard InChI is InChI=1S/C6H10BrNO/c1-2-3-6(7)4-5-8-9/h4-5,9H,2-3H2,1H3. The summed E-state index contributed by atoms with van der Waals surface area (Å²) in [6, 6.07) is 0. The van der Waals surface area contributed by atoms with Crippen molar-refractivity contribution in [2.24, 2.45) is 5.16 Å². The minimum atomic E-state index is 0.992. The lowest BCUT2D eigenvalue weighted by atomic mass is 10.3. The van der Waals surface area contributed by atoms with Crippen LogP contribution in [-0.4, -0.2) is 11.4 Å². The first kappa shape index (κ1) is 8.69. The summed E-state index contributed by atoms with van der Waals surface area (Å²) in [5.41, 5.74) is 0. The van der Waals surface area contributed by atoms with Gasteiger partial charge in [-0.3, -0.25) is 0 Å². The van der Waals surface area contributed by atoms with Gasteiger partial charge in [0.15, 0.2) is 0 Å². The maximum atomic E-state index is 7.99. The minimum absolute atomic E-state index is 0.992. The lowest BCUT2D eigenvalue weighted by Gasteiger charge is -1.89. The van der Waals surface area contributed by atoms with Crippen LogP contribution in [0, 0.1) is 0 Å². The highest BCUT2D eigenvalue weighted by atomic mass is 79.9. The number of nitrogens with zero attached hydrogens (tertiary/aromatic N) is 1. The highest BCUT2D eigenvalue weighted by Crippen LogP contribution is 2.10. The van der Waals surface area contributed by atoms with E-state index >= 15 is 0 Å². The van der Waals surface area contributed by atoms with Gasteiger partial charge in [0.2, 0.25) is 0 Å². The molecule has 0 aromatic heterocycles. The molecular weight excluding hydrogens is 182 g/mol. The Morgan fingerprint density at radius 3 is 2.89 bits per heavy atom. The van der Waals surface area contributed by atoms with Gasteiger partial charge in [-0.25, -0.2) is 0 Å². The number of halogens is 1. The van der Waals surface area contributed by atoms with Crippen molar-refractivity contribution in [1.29, 1.82) is 0 Å². The predicted molar refractivity (Wildman–Crippen MR) is 42.2 cm³/mol. The number of rotatable bonds is 3. The highest BCUT2D eigenvalue weighted by Gasteiger charge is 1.84. The first-order chi connectivity index (χ1) is 4.31. The quantitative estimate of drug-likeness (QED) is 0.416. The topological polar surface area (TPSA) is 32.6 Å². The molecule has 0 atom stereocenters. The van der Waals surface area contributed by atoms with E-state index in [2.05, 4.69) is 28.0 Å². The monoisotopic (exact) mass is 191 g/mol. The molecule has 0 aromatic carbocycles. The van der Waals surface area contributed by atoms with Gasteiger partial charge >= 0.3 is 0 Å². The van der Waals surface area contributed by atoms with E-state index in [9.17, 15) is 0 Å². The first-order valence-corrected chi connectivity index (χ1v) is 3.62. The molecule has 1 N–H and O–H groups in total. The second kappa shape index (κ2) is 5.82. The molecule has 0 rings (SSSR count). The fraction of sp³-hybridized carbons (Fsp3) is 0.500. The molecule has 0 aliphatic rings. The third-order valence-electron chi connectivity index (χ3n) is 0.811. The van der Waals surface area contributed by atoms with Crippen molar-refractivity contribution in [3.63, 3.8) is 0 Å². The maximum absolute atomic E-state index is 7.99. The summed E-state index contributed by atoms with van der Waals surface area (Å²) in [6.45, 7) is 2.09. The Bertz CT molecular complexity index is 120. The number of hydrogen-bond donors (Lipinski definition) is 1. The average Bonchev–Trinajstić information content (AvgIpc) is 1.85. The maximum Gasteiger partial charge on any atom is 0.0669 e. The SMILES string of the molecule is CCCC(Br)=CC=NO. The van der Waals surface area contributed by atoms with Crippen LogP contribution in [0.3, 0.4) is 0 Å². The fourth-order valence-corrected chi connectivity index (χ4v) is 0.951. The van der Waals surface area contributed by atoms with E-state index in [1.807, 2.05) is 0 Å². The second-order valence-electron chi connectivity index (χ2n) is 1.63. The number of allylic oxidation sites excluding steroid dienone is 2. The molecule has 52 valence electrons. The van der Waals surface area contributed by atoms with Gasteiger partial charge < -0.3 is 5.21 Å². The summed E-state index contributed by atoms with van der Waals surface area (Å²) < 4.78 is 1.06. The Morgan fingerprint density at radius 2 is 2.44 bits per heavy atom. The fourth-order valence-electron chi connectivity index (χ4n) is 0.436. The molecule has 0 amide bonds. The molecule has 0 saturated heterocycles. The molecule has 0 aromatic rings. The van der Waals surface area contributed by atoms with E-state index in [0.29, 0.717) is 0 Å². The van der Waals surface area contributed by atoms with Crippen LogP contribution in [0.5, 0.6) is 0 Å². The predicted octanol–water partition coefficient (Wildman–Crippen LogP) is 2.53. The smallest absolute Gasteiger partial charge is 0.0669 e. The molecule has 0 aliphatic carbocycles. The van der Waals surface area contributed by atoms with Gasteiger partial charge in [-0.1, -0.05) is 34.4 Å². The summed E-state index contributed by atoms with van der Waals surface area (Å²) in [4.78, 5) is 0. The molecule has 0 saturated carbocycles. The van der Waals surface area contributed by atoms with Gasteiger partial charge in [0.05, 0.1) is 6.21 Å². The Hall–Kier alpha value is -0.310. The van der Waals surface area contributed by atoms with Crippen LogP contribution in [0.4, 0.5) is 0 Å². The van der Waals surface area contributed by atoms with Gasteiger partial charge in [-0.05, 0) is 17.0 Å². The molecule has 9 heavy (non-hydrogen) atoms. The van der Waals surface area contributed by atoms with Gasteiger partial charge in [0, 0.05) is 0 Å². The third kappa shape index (κ3) is 5.56. The number of hydrogen-bond acceptors (Lipinski definition) is 2. The Morgan fingerprint density at radius 1 is 1.78 bits per heavy atom. The van der Waals surface area contributed by atoms with Crippen LogP contribution in [0.25, 0.3) is 0 Å². The Balaban J connectivity index is 3.55. The van der Waals surface area contributed by atoms with E-state index in [1.165, 1.54) is 6.21 Å². The zero-order valence-electron chi connectivity index (χ0n) is 5.34. The lowest BCUT2D eigenvalue weighted by molar-refractivity contribution is 0.322. The molecule has 2 nitrogen and oxygen atoms in total. The first-order valence-electron chi connectivity index (χ1n) is 2.83. The minimum Gasteiger partial charge on any atom is -0.411 e. The van der Waals surface area contributed by atoms with Crippen LogP contribution in [0.15, 0.2) is 15.7 Å². The van der Waals surface area contributed by atoms with Gasteiger partial charge in [-0.2, -0.15) is 0 Å². The van der Waals surface area contributed by atoms with E-state index in [1.54, 1.807) is 6.08 Å². The number of oxime groups is 1. The zero-order chi connectivity index (χ0) is 7.11. The summed E-state index contributed by atoms with van der Waals surface area (Å²) >= 11 is 3.30. The van der Waals surface area contributed by atoms with Gasteiger partial charge in [0.1, 0.15) is 0 Å². The second-order valence-corrected chi connectivity index (χ2v) is 2.65. The van der Waals surface area contributed by atoms with Crippen LogP contribution in [0.2, 0.25) is 0 Å². The van der Waals surface area contributed by atoms with Crippen molar-refractivity contribution in [2.45, 2.75) is 19.8 Å². The zero-order valence-corrected chi connectivity index (χ0v) is 6.93. The van der Waals surface area contributed by atoms with Gasteiger partial charge in [0.25, 0.3) is 0 Å². The van der Waals surface area contributed by atoms with Crippen LogP contribution in [0.1, 0.15) is 19.8 Å².